The molecule has 0 spiro atoms. The molecule has 2 aromatic rings. The van der Waals surface area contributed by atoms with Crippen LogP contribution in [0.1, 0.15) is 40.0 Å². The number of carbonyl (C=O) groups is 2. The minimum Gasteiger partial charge on any atom is -0.476 e. The van der Waals surface area contributed by atoms with Crippen LogP contribution in [0.3, 0.4) is 0 Å². The number of aromatic nitrogens is 2. The van der Waals surface area contributed by atoms with Gasteiger partial charge in [-0.1, -0.05) is 6.92 Å². The molecule has 0 fully saturated rings. The molecule has 2 aromatic heterocycles. The largest absolute Gasteiger partial charge is 0.476 e. The monoisotopic (exact) mass is 262 g/mol. The molecule has 100 valence electrons. The number of carboxylic acid groups (broad SMARTS) is 1. The van der Waals surface area contributed by atoms with Crippen molar-refractivity contribution in [2.24, 2.45) is 0 Å². The number of carboxylic acids is 1. The quantitative estimate of drug-likeness (QED) is 0.849. The number of methoxy groups -OCH3 is 1. The van der Waals surface area contributed by atoms with Crippen LogP contribution in [0, 0.1) is 0 Å². The lowest BCUT2D eigenvalue weighted by Crippen LogP contribution is -2.07. The minimum atomic E-state index is -1.16. The maximum absolute atomic E-state index is 11.7. The Hall–Kier alpha value is -2.37. The van der Waals surface area contributed by atoms with Crippen LogP contribution < -0.4 is 0 Å². The maximum Gasteiger partial charge on any atom is 0.356 e. The highest BCUT2D eigenvalue weighted by Gasteiger charge is 2.22. The SMILES string of the molecule is CCCc1nc(C(=O)O)c2c(C(=O)OC)cccn12. The lowest BCUT2D eigenvalue weighted by molar-refractivity contribution is 0.0602. The van der Waals surface area contributed by atoms with Crippen LogP contribution in [-0.2, 0) is 11.2 Å². The highest BCUT2D eigenvalue weighted by molar-refractivity contribution is 6.04. The molecule has 0 amide bonds. The summed E-state index contributed by atoms with van der Waals surface area (Å²) in [5.41, 5.74) is 0.368. The van der Waals surface area contributed by atoms with Crippen molar-refractivity contribution in [1.29, 1.82) is 0 Å². The summed E-state index contributed by atoms with van der Waals surface area (Å²) in [6.45, 7) is 1.98. The highest BCUT2D eigenvalue weighted by atomic mass is 16.5. The van der Waals surface area contributed by atoms with Gasteiger partial charge >= 0.3 is 11.9 Å². The Morgan fingerprint density at radius 2 is 2.21 bits per heavy atom. The Bertz CT molecular complexity index is 645. The van der Waals surface area contributed by atoms with Crippen molar-refractivity contribution in [3.05, 3.63) is 35.4 Å². The molecule has 2 heterocycles. The zero-order valence-corrected chi connectivity index (χ0v) is 10.7. The average molecular weight is 262 g/mol. The molecule has 0 aromatic carbocycles. The van der Waals surface area contributed by atoms with E-state index < -0.39 is 11.9 Å². The van der Waals surface area contributed by atoms with E-state index in [2.05, 4.69) is 9.72 Å². The smallest absolute Gasteiger partial charge is 0.356 e. The van der Waals surface area contributed by atoms with Crippen LogP contribution in [-0.4, -0.2) is 33.5 Å². The number of fused-ring (bicyclic) bond motifs is 1. The van der Waals surface area contributed by atoms with Gasteiger partial charge in [0.15, 0.2) is 5.69 Å². The van der Waals surface area contributed by atoms with Gasteiger partial charge < -0.3 is 14.2 Å². The molecule has 1 N–H and O–H groups in total. The molecule has 0 saturated heterocycles. The van der Waals surface area contributed by atoms with Crippen LogP contribution in [0.2, 0.25) is 0 Å². The number of pyridine rings is 1. The summed E-state index contributed by atoms with van der Waals surface area (Å²) < 4.78 is 6.31. The van der Waals surface area contributed by atoms with Gasteiger partial charge in [-0.3, -0.25) is 0 Å². The van der Waals surface area contributed by atoms with E-state index in [0.717, 1.165) is 6.42 Å². The third kappa shape index (κ3) is 2.16. The number of rotatable bonds is 4. The molecular weight excluding hydrogens is 248 g/mol. The second kappa shape index (κ2) is 5.09. The van der Waals surface area contributed by atoms with Gasteiger partial charge in [0.25, 0.3) is 0 Å². The van der Waals surface area contributed by atoms with Crippen molar-refractivity contribution in [2.45, 2.75) is 19.8 Å². The Morgan fingerprint density at radius 3 is 2.79 bits per heavy atom. The Balaban J connectivity index is 2.78. The third-order valence-corrected chi connectivity index (χ3v) is 2.82. The van der Waals surface area contributed by atoms with Gasteiger partial charge in [0.1, 0.15) is 5.82 Å². The molecule has 0 unspecified atom stereocenters. The standard InChI is InChI=1S/C13H14N2O4/c1-3-5-9-14-10(12(16)17)11-8(13(18)19-2)6-4-7-15(9)11/h4,6-7H,3,5H2,1-2H3,(H,16,17). The lowest BCUT2D eigenvalue weighted by Gasteiger charge is -2.04. The van der Waals surface area contributed by atoms with Gasteiger partial charge in [0.05, 0.1) is 18.2 Å². The first-order valence-electron chi connectivity index (χ1n) is 5.91. The third-order valence-electron chi connectivity index (χ3n) is 2.82. The van der Waals surface area contributed by atoms with E-state index in [9.17, 15) is 14.7 Å². The molecule has 6 nitrogen and oxygen atoms in total. The highest BCUT2D eigenvalue weighted by Crippen LogP contribution is 2.20. The number of hydrogen-bond donors (Lipinski definition) is 1. The predicted molar refractivity (Wildman–Crippen MR) is 67.5 cm³/mol. The van der Waals surface area contributed by atoms with Crippen molar-refractivity contribution < 1.29 is 19.4 Å². The fourth-order valence-electron chi connectivity index (χ4n) is 2.02. The second-order valence-electron chi connectivity index (χ2n) is 4.06. The fourth-order valence-corrected chi connectivity index (χ4v) is 2.02. The molecule has 0 radical (unpaired) electrons. The molecule has 0 aliphatic heterocycles. The van der Waals surface area contributed by atoms with E-state index in [4.69, 9.17) is 0 Å². The Kier molecular flexibility index (Phi) is 3.50. The first-order chi connectivity index (χ1) is 9.10. The minimum absolute atomic E-state index is 0.121. The first-order valence-corrected chi connectivity index (χ1v) is 5.91. The molecule has 0 aliphatic rings. The molecule has 19 heavy (non-hydrogen) atoms. The normalized spacial score (nSPS) is 10.6. The average Bonchev–Trinajstić information content (AvgIpc) is 2.77. The number of carbonyl (C=O) groups excluding carboxylic acids is 1. The number of hydrogen-bond acceptors (Lipinski definition) is 4. The second-order valence-corrected chi connectivity index (χ2v) is 4.06. The summed E-state index contributed by atoms with van der Waals surface area (Å²) in [4.78, 5) is 27.1. The number of ether oxygens (including phenoxy) is 1. The van der Waals surface area contributed by atoms with Gasteiger partial charge in [0.2, 0.25) is 0 Å². The van der Waals surface area contributed by atoms with Crippen molar-refractivity contribution in [2.75, 3.05) is 7.11 Å². The summed E-state index contributed by atoms with van der Waals surface area (Å²) in [6.07, 6.45) is 3.17. The molecule has 2 rings (SSSR count). The van der Waals surface area contributed by atoms with E-state index in [0.29, 0.717) is 12.2 Å². The van der Waals surface area contributed by atoms with Crippen molar-refractivity contribution in [1.82, 2.24) is 9.38 Å². The van der Waals surface area contributed by atoms with Crippen LogP contribution in [0.15, 0.2) is 18.3 Å². The summed E-state index contributed by atoms with van der Waals surface area (Å²) >= 11 is 0. The van der Waals surface area contributed by atoms with E-state index in [1.54, 1.807) is 16.7 Å². The summed E-state index contributed by atoms with van der Waals surface area (Å²) in [5, 5.41) is 9.22. The molecule has 0 aliphatic carbocycles. The lowest BCUT2D eigenvalue weighted by atomic mass is 10.2. The summed E-state index contributed by atoms with van der Waals surface area (Å²) in [6, 6.07) is 3.21. The Labute approximate surface area is 109 Å². The maximum atomic E-state index is 11.7. The summed E-state index contributed by atoms with van der Waals surface area (Å²) in [5.74, 6) is -1.10. The number of imidazole rings is 1. The number of esters is 1. The van der Waals surface area contributed by atoms with E-state index >= 15 is 0 Å². The van der Waals surface area contributed by atoms with Crippen LogP contribution in [0.25, 0.3) is 5.52 Å². The van der Waals surface area contributed by atoms with Crippen LogP contribution in [0.4, 0.5) is 0 Å². The van der Waals surface area contributed by atoms with Gasteiger partial charge in [-0.2, -0.15) is 0 Å². The zero-order chi connectivity index (χ0) is 14.0. The molecular formula is C13H14N2O4. The van der Waals surface area contributed by atoms with E-state index in [1.807, 2.05) is 6.92 Å². The Morgan fingerprint density at radius 1 is 1.47 bits per heavy atom. The molecule has 0 bridgehead atoms. The zero-order valence-electron chi connectivity index (χ0n) is 10.7. The topological polar surface area (TPSA) is 80.9 Å². The number of nitrogens with zero attached hydrogens (tertiary/aromatic N) is 2. The summed E-state index contributed by atoms with van der Waals surface area (Å²) in [7, 11) is 1.26. The predicted octanol–water partition coefficient (Wildman–Crippen LogP) is 1.77. The van der Waals surface area contributed by atoms with Gasteiger partial charge in [-0.05, 0) is 18.6 Å². The van der Waals surface area contributed by atoms with Crippen LogP contribution in [0.5, 0.6) is 0 Å². The van der Waals surface area contributed by atoms with Crippen molar-refractivity contribution >= 4 is 17.5 Å². The fraction of sp³-hybridized carbons (Fsp3) is 0.308. The molecule has 0 saturated carbocycles. The van der Waals surface area contributed by atoms with Crippen molar-refractivity contribution in [3.8, 4) is 0 Å². The van der Waals surface area contributed by atoms with Gasteiger partial charge in [-0.15, -0.1) is 0 Å². The van der Waals surface area contributed by atoms with Gasteiger partial charge in [-0.25, -0.2) is 14.6 Å². The van der Waals surface area contributed by atoms with Crippen molar-refractivity contribution in [3.63, 3.8) is 0 Å². The first kappa shape index (κ1) is 13.1. The van der Waals surface area contributed by atoms with Crippen LogP contribution >= 0.6 is 0 Å². The molecule has 6 heteroatoms. The van der Waals surface area contributed by atoms with Gasteiger partial charge in [0, 0.05) is 12.6 Å². The number of aryl methyl sites for hydroxylation is 1. The number of aromatic carboxylic acids is 1. The molecule has 0 atom stereocenters. The van der Waals surface area contributed by atoms with E-state index in [1.165, 1.54) is 13.2 Å². The van der Waals surface area contributed by atoms with E-state index in [-0.39, 0.29) is 16.8 Å².